The predicted molar refractivity (Wildman–Crippen MR) is 50.2 cm³/mol. The Morgan fingerprint density at radius 3 is 2.36 bits per heavy atom. The molecular weight excluding hydrogens is 160 g/mol. The van der Waals surface area contributed by atoms with Crippen molar-refractivity contribution in [2.75, 3.05) is 26.2 Å². The van der Waals surface area contributed by atoms with Crippen LogP contribution >= 0.6 is 12.6 Å². The van der Waals surface area contributed by atoms with Gasteiger partial charge in [-0.2, -0.15) is 0 Å². The Bertz CT molecular complexity index is 115. The van der Waals surface area contributed by atoms with Crippen LogP contribution in [0, 0.1) is 0 Å². The van der Waals surface area contributed by atoms with E-state index in [1.165, 1.54) is 0 Å². The van der Waals surface area contributed by atoms with Crippen LogP contribution in [0.3, 0.4) is 0 Å². The lowest BCUT2D eigenvalue weighted by atomic mass is 10.5. The zero-order valence-corrected chi connectivity index (χ0v) is 8.03. The normalized spacial score (nSPS) is 10.2. The van der Waals surface area contributed by atoms with Gasteiger partial charge in [-0.1, -0.05) is 26.5 Å². The summed E-state index contributed by atoms with van der Waals surface area (Å²) in [5, 5.41) is 2.38. The number of nitrogens with zero attached hydrogens (tertiary/aromatic N) is 1. The average molecular weight is 176 g/mol. The molecule has 0 rings (SSSR count). The van der Waals surface area contributed by atoms with Crippen molar-refractivity contribution in [1.82, 2.24) is 10.2 Å². The number of hydrogen-bond donors (Lipinski definition) is 2. The van der Waals surface area contributed by atoms with Crippen LogP contribution in [0.15, 0.2) is 0 Å². The summed E-state index contributed by atoms with van der Waals surface area (Å²) in [4.78, 5) is 12.6. The van der Waals surface area contributed by atoms with E-state index in [1.807, 2.05) is 0 Å². The molecule has 0 aliphatic carbocycles. The van der Waals surface area contributed by atoms with Gasteiger partial charge >= 0.3 is 0 Å². The van der Waals surface area contributed by atoms with Crippen LogP contribution in [0.4, 0.5) is 4.79 Å². The first kappa shape index (κ1) is 10.8. The first-order valence-corrected chi connectivity index (χ1v) is 4.34. The summed E-state index contributed by atoms with van der Waals surface area (Å²) in [7, 11) is 0. The molecule has 1 N–H and O–H groups in total. The Kier molecular flexibility index (Phi) is 6.36. The third-order valence-corrected chi connectivity index (χ3v) is 1.76. The van der Waals surface area contributed by atoms with Crippen LogP contribution < -0.4 is 5.32 Å². The summed E-state index contributed by atoms with van der Waals surface area (Å²) in [5.41, 5.74) is 0. The Morgan fingerprint density at radius 2 is 2.00 bits per heavy atom. The molecule has 0 aromatic heterocycles. The topological polar surface area (TPSA) is 32.3 Å². The van der Waals surface area contributed by atoms with Gasteiger partial charge in [0, 0.05) is 13.1 Å². The molecular formula is C7H16N2OS. The van der Waals surface area contributed by atoms with Crippen LogP contribution in [-0.4, -0.2) is 36.3 Å². The first-order valence-electron chi connectivity index (χ1n) is 3.89. The molecule has 0 heterocycles. The van der Waals surface area contributed by atoms with Crippen molar-refractivity contribution >= 4 is 17.9 Å². The minimum absolute atomic E-state index is 0.253. The Morgan fingerprint density at radius 1 is 1.45 bits per heavy atom. The number of carbonyl (C=O) groups is 1. The number of likely N-dealkylation sites (N-methyl/N-ethyl adjacent to an activating group) is 1. The molecule has 0 bridgehead atoms. The number of amides is 1. The maximum absolute atomic E-state index is 10.3. The minimum atomic E-state index is -0.253. The minimum Gasteiger partial charge on any atom is -0.346 e. The smallest absolute Gasteiger partial charge is 0.276 e. The number of thiol groups is 1. The quantitative estimate of drug-likeness (QED) is 0.612. The van der Waals surface area contributed by atoms with Crippen LogP contribution in [0.1, 0.15) is 13.8 Å². The molecule has 66 valence electrons. The maximum Gasteiger partial charge on any atom is 0.276 e. The van der Waals surface area contributed by atoms with Gasteiger partial charge in [-0.15, -0.1) is 0 Å². The van der Waals surface area contributed by atoms with Gasteiger partial charge < -0.3 is 10.2 Å². The molecule has 0 aliphatic heterocycles. The predicted octanol–water partition coefficient (Wildman–Crippen LogP) is 0.968. The summed E-state index contributed by atoms with van der Waals surface area (Å²) in [6.07, 6.45) is 0. The van der Waals surface area contributed by atoms with Gasteiger partial charge in [0.1, 0.15) is 0 Å². The second-order valence-corrected chi connectivity index (χ2v) is 2.66. The van der Waals surface area contributed by atoms with Crippen LogP contribution in [-0.2, 0) is 0 Å². The lowest BCUT2D eigenvalue weighted by Crippen LogP contribution is -2.32. The van der Waals surface area contributed by atoms with Gasteiger partial charge in [-0.25, -0.2) is 0 Å². The fraction of sp³-hybridized carbons (Fsp3) is 0.857. The molecule has 0 aliphatic rings. The number of nitrogens with one attached hydrogen (secondary N) is 1. The zero-order valence-electron chi connectivity index (χ0n) is 7.13. The van der Waals surface area contributed by atoms with Crippen LogP contribution in [0.5, 0.6) is 0 Å². The van der Waals surface area contributed by atoms with Crippen molar-refractivity contribution in [3.8, 4) is 0 Å². The summed E-state index contributed by atoms with van der Waals surface area (Å²) in [6, 6.07) is 0. The number of rotatable bonds is 5. The monoisotopic (exact) mass is 176 g/mol. The average Bonchev–Trinajstić information content (AvgIpc) is 1.98. The van der Waals surface area contributed by atoms with Crippen molar-refractivity contribution in [3.05, 3.63) is 0 Å². The maximum atomic E-state index is 10.3. The van der Waals surface area contributed by atoms with Crippen LogP contribution in [0.25, 0.3) is 0 Å². The van der Waals surface area contributed by atoms with Gasteiger partial charge in [-0.05, 0) is 13.1 Å². The molecule has 3 nitrogen and oxygen atoms in total. The molecule has 0 fully saturated rings. The molecule has 0 aromatic rings. The van der Waals surface area contributed by atoms with Gasteiger partial charge in [0.2, 0.25) is 0 Å². The lowest BCUT2D eigenvalue weighted by molar-refractivity contribution is 0.256. The summed E-state index contributed by atoms with van der Waals surface area (Å²) < 4.78 is 0. The second kappa shape index (κ2) is 6.49. The van der Waals surface area contributed by atoms with E-state index in [9.17, 15) is 4.79 Å². The van der Waals surface area contributed by atoms with Crippen molar-refractivity contribution in [2.24, 2.45) is 0 Å². The van der Waals surface area contributed by atoms with Crippen molar-refractivity contribution in [2.45, 2.75) is 13.8 Å². The second-order valence-electron chi connectivity index (χ2n) is 2.26. The molecule has 0 aromatic carbocycles. The number of hydrogen-bond acceptors (Lipinski definition) is 2. The van der Waals surface area contributed by atoms with E-state index in [4.69, 9.17) is 0 Å². The molecule has 1 amide bonds. The SMILES string of the molecule is CCN(CC)CCNC(=O)S. The van der Waals surface area contributed by atoms with Crippen LogP contribution in [0.2, 0.25) is 0 Å². The van der Waals surface area contributed by atoms with Gasteiger partial charge in [0.05, 0.1) is 0 Å². The molecule has 0 unspecified atom stereocenters. The molecule has 11 heavy (non-hydrogen) atoms. The van der Waals surface area contributed by atoms with E-state index in [0.717, 1.165) is 19.6 Å². The van der Waals surface area contributed by atoms with Crippen molar-refractivity contribution < 1.29 is 4.79 Å². The van der Waals surface area contributed by atoms with E-state index in [1.54, 1.807) is 0 Å². The molecule has 0 saturated carbocycles. The Balaban J connectivity index is 3.28. The Labute approximate surface area is 73.6 Å². The summed E-state index contributed by atoms with van der Waals surface area (Å²) in [5.74, 6) is 0. The highest BCUT2D eigenvalue weighted by Gasteiger charge is 1.97. The molecule has 0 spiro atoms. The highest BCUT2D eigenvalue weighted by atomic mass is 32.1. The Hall–Kier alpha value is -0.220. The third kappa shape index (κ3) is 6.19. The van der Waals surface area contributed by atoms with E-state index in [0.29, 0.717) is 6.54 Å². The molecule has 0 saturated heterocycles. The van der Waals surface area contributed by atoms with Gasteiger partial charge in [-0.3, -0.25) is 4.79 Å². The fourth-order valence-corrected chi connectivity index (χ4v) is 0.973. The largest absolute Gasteiger partial charge is 0.346 e. The zero-order chi connectivity index (χ0) is 8.69. The lowest BCUT2D eigenvalue weighted by Gasteiger charge is -2.17. The number of carbonyl (C=O) groups excluding carboxylic acids is 1. The first-order chi connectivity index (χ1) is 5.20. The van der Waals surface area contributed by atoms with E-state index in [2.05, 4.69) is 36.7 Å². The third-order valence-electron chi connectivity index (χ3n) is 1.60. The summed E-state index contributed by atoms with van der Waals surface area (Å²) >= 11 is 3.59. The van der Waals surface area contributed by atoms with E-state index < -0.39 is 0 Å². The van der Waals surface area contributed by atoms with E-state index in [-0.39, 0.29) is 5.24 Å². The van der Waals surface area contributed by atoms with E-state index >= 15 is 0 Å². The fourth-order valence-electron chi connectivity index (χ4n) is 0.861. The standard InChI is InChI=1S/C7H16N2OS/c1-3-9(4-2)6-5-8-7(10)11/h3-6H2,1-2H3,(H2,8,10,11). The van der Waals surface area contributed by atoms with Gasteiger partial charge in [0.15, 0.2) is 0 Å². The molecule has 0 radical (unpaired) electrons. The highest BCUT2D eigenvalue weighted by Crippen LogP contribution is 1.84. The van der Waals surface area contributed by atoms with Gasteiger partial charge in [0.25, 0.3) is 5.24 Å². The summed E-state index contributed by atoms with van der Waals surface area (Å²) in [6.45, 7) is 7.85. The highest BCUT2D eigenvalue weighted by molar-refractivity contribution is 7.96. The van der Waals surface area contributed by atoms with Crippen molar-refractivity contribution in [3.63, 3.8) is 0 Å². The van der Waals surface area contributed by atoms with Crippen molar-refractivity contribution in [1.29, 1.82) is 0 Å². The molecule has 0 atom stereocenters. The molecule has 4 heteroatoms.